The highest BCUT2D eigenvalue weighted by Gasteiger charge is 2.49. The van der Waals surface area contributed by atoms with Crippen LogP contribution in [0.1, 0.15) is 28.3 Å². The van der Waals surface area contributed by atoms with E-state index < -0.39 is 0 Å². The molecule has 0 spiro atoms. The number of aryl methyl sites for hydroxylation is 1. The minimum absolute atomic E-state index is 0.0764. The lowest BCUT2D eigenvalue weighted by atomic mass is 9.96. The van der Waals surface area contributed by atoms with E-state index in [2.05, 4.69) is 37.4 Å². The first kappa shape index (κ1) is 18.4. The summed E-state index contributed by atoms with van der Waals surface area (Å²) in [5.74, 6) is 1.58. The number of hydrogen-bond donors (Lipinski definition) is 0. The molecule has 3 aromatic rings. The third-order valence-corrected chi connectivity index (χ3v) is 7.21. The summed E-state index contributed by atoms with van der Waals surface area (Å²) in [6.07, 6.45) is 4.48. The highest BCUT2D eigenvalue weighted by molar-refractivity contribution is 7.98. The van der Waals surface area contributed by atoms with Crippen LogP contribution in [0, 0.1) is 6.92 Å². The Morgan fingerprint density at radius 3 is 2.52 bits per heavy atom. The first-order valence-electron chi connectivity index (χ1n) is 8.97. The normalized spacial score (nSPS) is 14.8. The largest absolute Gasteiger partial charge is 0.497 e. The molecule has 1 heterocycles. The standard InChI is InChI=1S/C22H23NO2S2/c1-14-20(16-10-9-15(24-2)13-18(16)25-3)23-21(27-14)22(11-12-22)17-7-5-6-8-19(17)26-4/h5-10,13H,11-12H2,1-4H3. The van der Waals surface area contributed by atoms with Crippen molar-refractivity contribution in [3.05, 3.63) is 57.9 Å². The quantitative estimate of drug-likeness (QED) is 0.482. The first-order valence-corrected chi connectivity index (χ1v) is 11.0. The maximum atomic E-state index is 5.61. The summed E-state index contributed by atoms with van der Waals surface area (Å²) in [4.78, 5) is 7.70. The number of ether oxygens (including phenoxy) is 2. The molecule has 3 nitrogen and oxygen atoms in total. The molecule has 5 heteroatoms. The third-order valence-electron chi connectivity index (χ3n) is 5.24. The number of nitrogens with zero attached hydrogens (tertiary/aromatic N) is 1. The van der Waals surface area contributed by atoms with Gasteiger partial charge in [0.25, 0.3) is 0 Å². The van der Waals surface area contributed by atoms with Gasteiger partial charge in [-0.15, -0.1) is 23.1 Å². The van der Waals surface area contributed by atoms with Gasteiger partial charge < -0.3 is 9.47 Å². The molecule has 0 atom stereocenters. The zero-order chi connectivity index (χ0) is 19.0. The molecule has 1 aromatic heterocycles. The number of aromatic nitrogens is 1. The Morgan fingerprint density at radius 1 is 1.07 bits per heavy atom. The Kier molecular flexibility index (Phi) is 4.91. The second kappa shape index (κ2) is 7.21. The summed E-state index contributed by atoms with van der Waals surface area (Å²) in [6, 6.07) is 14.7. The topological polar surface area (TPSA) is 31.4 Å². The molecule has 0 saturated heterocycles. The van der Waals surface area contributed by atoms with Crippen molar-refractivity contribution in [1.29, 1.82) is 0 Å². The van der Waals surface area contributed by atoms with Gasteiger partial charge in [0.15, 0.2) is 0 Å². The molecule has 140 valence electrons. The van der Waals surface area contributed by atoms with Crippen LogP contribution in [0.3, 0.4) is 0 Å². The van der Waals surface area contributed by atoms with Crippen molar-refractivity contribution in [1.82, 2.24) is 4.98 Å². The smallest absolute Gasteiger partial charge is 0.131 e. The van der Waals surface area contributed by atoms with Crippen LogP contribution < -0.4 is 9.47 Å². The number of methoxy groups -OCH3 is 2. The summed E-state index contributed by atoms with van der Waals surface area (Å²) >= 11 is 3.63. The predicted octanol–water partition coefficient (Wildman–Crippen LogP) is 5.94. The van der Waals surface area contributed by atoms with E-state index in [4.69, 9.17) is 14.5 Å². The van der Waals surface area contributed by atoms with Crippen LogP contribution in [0.2, 0.25) is 0 Å². The summed E-state index contributed by atoms with van der Waals surface area (Å²) in [5, 5.41) is 1.22. The van der Waals surface area contributed by atoms with Gasteiger partial charge in [-0.3, -0.25) is 0 Å². The van der Waals surface area contributed by atoms with Gasteiger partial charge in [0.05, 0.1) is 19.9 Å². The van der Waals surface area contributed by atoms with E-state index in [9.17, 15) is 0 Å². The van der Waals surface area contributed by atoms with Gasteiger partial charge in [-0.05, 0) is 49.8 Å². The number of hydrogen-bond acceptors (Lipinski definition) is 5. The van der Waals surface area contributed by atoms with E-state index in [1.54, 1.807) is 14.2 Å². The van der Waals surface area contributed by atoms with Gasteiger partial charge in [-0.1, -0.05) is 18.2 Å². The van der Waals surface area contributed by atoms with Crippen molar-refractivity contribution < 1.29 is 9.47 Å². The maximum absolute atomic E-state index is 5.61. The SMILES string of the molecule is COc1ccc(-c2nc(C3(c4ccccc4SC)CC3)sc2C)c(OC)c1. The van der Waals surface area contributed by atoms with E-state index >= 15 is 0 Å². The third kappa shape index (κ3) is 3.13. The van der Waals surface area contributed by atoms with Gasteiger partial charge in [-0.2, -0.15) is 0 Å². The van der Waals surface area contributed by atoms with Crippen LogP contribution in [0.15, 0.2) is 47.4 Å². The molecule has 0 radical (unpaired) electrons. The number of rotatable bonds is 6. The second-order valence-corrected chi connectivity index (χ2v) is 8.82. The van der Waals surface area contributed by atoms with E-state index in [1.807, 2.05) is 41.3 Å². The average Bonchev–Trinajstić information content (AvgIpc) is 3.43. The zero-order valence-corrected chi connectivity index (χ0v) is 17.7. The highest BCUT2D eigenvalue weighted by atomic mass is 32.2. The second-order valence-electron chi connectivity index (χ2n) is 6.77. The average molecular weight is 398 g/mol. The fraction of sp³-hybridized carbons (Fsp3) is 0.318. The van der Waals surface area contributed by atoms with Crippen molar-refractivity contribution in [3.63, 3.8) is 0 Å². The fourth-order valence-corrected chi connectivity index (χ4v) is 5.50. The maximum Gasteiger partial charge on any atom is 0.131 e. The van der Waals surface area contributed by atoms with E-state index in [-0.39, 0.29) is 5.41 Å². The molecule has 0 unspecified atom stereocenters. The lowest BCUT2D eigenvalue weighted by molar-refractivity contribution is 0.395. The summed E-state index contributed by atoms with van der Waals surface area (Å²) in [6.45, 7) is 2.15. The van der Waals surface area contributed by atoms with Crippen LogP contribution >= 0.6 is 23.1 Å². The molecular formula is C22H23NO2S2. The molecule has 0 amide bonds. The van der Waals surface area contributed by atoms with Gasteiger partial charge in [-0.25, -0.2) is 4.98 Å². The molecule has 1 aliphatic carbocycles. The van der Waals surface area contributed by atoms with Crippen LogP contribution in [0.4, 0.5) is 0 Å². The summed E-state index contributed by atoms with van der Waals surface area (Å²) in [5.41, 5.74) is 3.53. The van der Waals surface area contributed by atoms with Crippen molar-refractivity contribution in [2.45, 2.75) is 30.1 Å². The van der Waals surface area contributed by atoms with Gasteiger partial charge in [0, 0.05) is 26.8 Å². The Labute approximate surface area is 168 Å². The molecule has 1 saturated carbocycles. The van der Waals surface area contributed by atoms with Gasteiger partial charge in [0.2, 0.25) is 0 Å². The van der Waals surface area contributed by atoms with Gasteiger partial charge in [0.1, 0.15) is 16.5 Å². The van der Waals surface area contributed by atoms with Crippen LogP contribution in [0.25, 0.3) is 11.3 Å². The molecule has 1 fully saturated rings. The molecule has 27 heavy (non-hydrogen) atoms. The van der Waals surface area contributed by atoms with Crippen molar-refractivity contribution >= 4 is 23.1 Å². The zero-order valence-electron chi connectivity index (χ0n) is 16.0. The van der Waals surface area contributed by atoms with Gasteiger partial charge >= 0.3 is 0 Å². The Bertz CT molecular complexity index is 976. The van der Waals surface area contributed by atoms with Crippen LogP contribution in [-0.4, -0.2) is 25.5 Å². The fourth-order valence-electron chi connectivity index (χ4n) is 3.61. The van der Waals surface area contributed by atoms with E-state index in [0.717, 1.165) is 35.6 Å². The van der Waals surface area contributed by atoms with Crippen LogP contribution in [-0.2, 0) is 5.41 Å². The molecule has 0 bridgehead atoms. The molecular weight excluding hydrogens is 374 g/mol. The van der Waals surface area contributed by atoms with Crippen molar-refractivity contribution in [3.8, 4) is 22.8 Å². The lowest BCUT2D eigenvalue weighted by Gasteiger charge is -2.16. The van der Waals surface area contributed by atoms with Crippen molar-refractivity contribution in [2.24, 2.45) is 0 Å². The monoisotopic (exact) mass is 397 g/mol. The molecule has 0 aliphatic heterocycles. The Morgan fingerprint density at radius 2 is 1.85 bits per heavy atom. The minimum Gasteiger partial charge on any atom is -0.497 e. The highest BCUT2D eigenvalue weighted by Crippen LogP contribution is 2.57. The minimum atomic E-state index is 0.0764. The summed E-state index contributed by atoms with van der Waals surface area (Å²) in [7, 11) is 3.36. The van der Waals surface area contributed by atoms with Crippen LogP contribution in [0.5, 0.6) is 11.5 Å². The summed E-state index contributed by atoms with van der Waals surface area (Å²) < 4.78 is 10.9. The molecule has 1 aliphatic rings. The van der Waals surface area contributed by atoms with E-state index in [0.29, 0.717) is 0 Å². The number of thioether (sulfide) groups is 1. The molecule has 0 N–H and O–H groups in total. The molecule has 4 rings (SSSR count). The predicted molar refractivity (Wildman–Crippen MR) is 114 cm³/mol. The number of thiazole rings is 1. The lowest BCUT2D eigenvalue weighted by Crippen LogP contribution is -2.09. The molecule has 2 aromatic carbocycles. The van der Waals surface area contributed by atoms with E-state index in [1.165, 1.54) is 20.3 Å². The Balaban J connectivity index is 1.79. The number of benzene rings is 2. The Hall–Kier alpha value is -1.98. The van der Waals surface area contributed by atoms with Crippen molar-refractivity contribution in [2.75, 3.05) is 20.5 Å². The first-order chi connectivity index (χ1) is 13.1.